The molecule has 1 aliphatic rings. The van der Waals surface area contributed by atoms with Crippen LogP contribution in [0.25, 0.3) is 0 Å². The second-order valence-electron chi connectivity index (χ2n) is 1.86. The zero-order valence-electron chi connectivity index (χ0n) is 5.30. The second kappa shape index (κ2) is 2.44. The molecule has 0 atom stereocenters. The Balaban J connectivity index is 2.91. The fourth-order valence-corrected chi connectivity index (χ4v) is 0.783. The molecule has 1 heterocycles. The minimum Gasteiger partial charge on any atom is -0.288 e. The van der Waals surface area contributed by atoms with Crippen LogP contribution in [-0.2, 0) is 0 Å². The Morgan fingerprint density at radius 1 is 1.44 bits per heavy atom. The highest BCUT2D eigenvalue weighted by molar-refractivity contribution is 5.86. The van der Waals surface area contributed by atoms with Gasteiger partial charge in [-0.1, -0.05) is 25.3 Å². The third-order valence-corrected chi connectivity index (χ3v) is 1.33. The molecule has 1 aliphatic heterocycles. The van der Waals surface area contributed by atoms with Gasteiger partial charge in [-0.05, 0) is 11.1 Å². The highest BCUT2D eigenvalue weighted by atomic mass is 14.7. The lowest BCUT2D eigenvalue weighted by atomic mass is 10.1. The molecule has 0 saturated carbocycles. The summed E-state index contributed by atoms with van der Waals surface area (Å²) in [5.41, 5.74) is 2.27. The van der Waals surface area contributed by atoms with Crippen LogP contribution in [-0.4, -0.2) is 12.8 Å². The summed E-state index contributed by atoms with van der Waals surface area (Å²) < 4.78 is 0. The molecule has 0 aromatic rings. The minimum absolute atomic E-state index is 0.769. The molecule has 0 amide bonds. The molecular weight excluding hydrogens is 110 g/mol. The van der Waals surface area contributed by atoms with Gasteiger partial charge in [0.05, 0.1) is 6.54 Å². The van der Waals surface area contributed by atoms with Crippen LogP contribution in [0, 0.1) is 0 Å². The first-order chi connectivity index (χ1) is 4.38. The molecule has 9 heavy (non-hydrogen) atoms. The predicted octanol–water partition coefficient (Wildman–Crippen LogP) is 1.74. The molecule has 0 fully saturated rings. The van der Waals surface area contributed by atoms with Gasteiger partial charge >= 0.3 is 0 Å². The smallest absolute Gasteiger partial charge is 0.0646 e. The van der Waals surface area contributed by atoms with E-state index in [-0.39, 0.29) is 0 Å². The van der Waals surface area contributed by atoms with Crippen LogP contribution in [0.4, 0.5) is 0 Å². The van der Waals surface area contributed by atoms with E-state index in [2.05, 4.69) is 18.2 Å². The molecule has 1 heteroatoms. The second-order valence-corrected chi connectivity index (χ2v) is 1.86. The van der Waals surface area contributed by atoms with Gasteiger partial charge in [-0.25, -0.2) is 0 Å². The van der Waals surface area contributed by atoms with E-state index in [1.807, 2.05) is 12.3 Å². The minimum atomic E-state index is 0.769. The van der Waals surface area contributed by atoms with Gasteiger partial charge in [-0.15, -0.1) is 0 Å². The molecule has 0 N–H and O–H groups in total. The maximum absolute atomic E-state index is 4.05. The van der Waals surface area contributed by atoms with Crippen LogP contribution in [0.15, 0.2) is 41.4 Å². The normalized spacial score (nSPS) is 16.4. The van der Waals surface area contributed by atoms with Gasteiger partial charge < -0.3 is 0 Å². The van der Waals surface area contributed by atoms with Gasteiger partial charge in [-0.3, -0.25) is 4.99 Å². The Morgan fingerprint density at radius 2 is 2.22 bits per heavy atom. The first-order valence-electron chi connectivity index (χ1n) is 2.86. The van der Waals surface area contributed by atoms with E-state index in [9.17, 15) is 0 Å². The van der Waals surface area contributed by atoms with Crippen molar-refractivity contribution in [3.05, 3.63) is 36.5 Å². The Bertz CT molecular complexity index is 197. The average Bonchev–Trinajstić information content (AvgIpc) is 2.33. The number of hydrogen-bond acceptors (Lipinski definition) is 1. The van der Waals surface area contributed by atoms with Crippen molar-refractivity contribution in [2.45, 2.75) is 0 Å². The molecule has 0 aromatic carbocycles. The SMILES string of the molecule is C=CC1=C(C=C)CN=C1. The largest absolute Gasteiger partial charge is 0.288 e. The molecule has 0 unspecified atom stereocenters. The summed E-state index contributed by atoms with van der Waals surface area (Å²) in [6.07, 6.45) is 5.45. The number of nitrogens with zero attached hydrogens (tertiary/aromatic N) is 1. The summed E-state index contributed by atoms with van der Waals surface area (Å²) in [6.45, 7) is 8.07. The number of allylic oxidation sites excluding steroid dienone is 2. The van der Waals surface area contributed by atoms with Gasteiger partial charge in [0.15, 0.2) is 0 Å². The maximum Gasteiger partial charge on any atom is 0.0646 e. The quantitative estimate of drug-likeness (QED) is 0.525. The van der Waals surface area contributed by atoms with Crippen molar-refractivity contribution in [1.82, 2.24) is 0 Å². The summed E-state index contributed by atoms with van der Waals surface area (Å²) in [4.78, 5) is 4.05. The van der Waals surface area contributed by atoms with E-state index in [0.29, 0.717) is 0 Å². The molecule has 0 aliphatic carbocycles. The lowest BCUT2D eigenvalue weighted by Crippen LogP contribution is -1.80. The first-order valence-corrected chi connectivity index (χ1v) is 2.86. The van der Waals surface area contributed by atoms with E-state index < -0.39 is 0 Å². The van der Waals surface area contributed by atoms with Crippen molar-refractivity contribution in [3.8, 4) is 0 Å². The van der Waals surface area contributed by atoms with Gasteiger partial charge in [0.25, 0.3) is 0 Å². The first kappa shape index (κ1) is 6.02. The van der Waals surface area contributed by atoms with Gasteiger partial charge in [0.1, 0.15) is 0 Å². The van der Waals surface area contributed by atoms with Crippen molar-refractivity contribution in [1.29, 1.82) is 0 Å². The van der Waals surface area contributed by atoms with Crippen molar-refractivity contribution in [2.75, 3.05) is 6.54 Å². The molecule has 0 bridgehead atoms. The number of rotatable bonds is 2. The van der Waals surface area contributed by atoms with Gasteiger partial charge in [0, 0.05) is 6.21 Å². The van der Waals surface area contributed by atoms with E-state index in [4.69, 9.17) is 0 Å². The Labute approximate surface area is 55.1 Å². The molecule has 1 nitrogen and oxygen atoms in total. The van der Waals surface area contributed by atoms with Crippen molar-refractivity contribution in [2.24, 2.45) is 4.99 Å². The zero-order chi connectivity index (χ0) is 6.69. The van der Waals surface area contributed by atoms with Crippen molar-refractivity contribution < 1.29 is 0 Å². The van der Waals surface area contributed by atoms with Crippen LogP contribution in [0.5, 0.6) is 0 Å². The van der Waals surface area contributed by atoms with E-state index in [1.54, 1.807) is 6.08 Å². The monoisotopic (exact) mass is 119 g/mol. The van der Waals surface area contributed by atoms with Crippen LogP contribution >= 0.6 is 0 Å². The highest BCUT2D eigenvalue weighted by Gasteiger charge is 2.01. The topological polar surface area (TPSA) is 12.4 Å². The zero-order valence-corrected chi connectivity index (χ0v) is 5.30. The highest BCUT2D eigenvalue weighted by Crippen LogP contribution is 2.10. The Morgan fingerprint density at radius 3 is 2.67 bits per heavy atom. The van der Waals surface area contributed by atoms with Crippen molar-refractivity contribution >= 4 is 6.21 Å². The van der Waals surface area contributed by atoms with E-state index in [0.717, 1.165) is 12.1 Å². The number of aliphatic imine (C=N–C) groups is 1. The van der Waals surface area contributed by atoms with E-state index in [1.165, 1.54) is 5.57 Å². The predicted molar refractivity (Wildman–Crippen MR) is 40.8 cm³/mol. The molecule has 0 radical (unpaired) electrons. The summed E-state index contributed by atoms with van der Waals surface area (Å²) in [6, 6.07) is 0. The van der Waals surface area contributed by atoms with Crippen molar-refractivity contribution in [3.63, 3.8) is 0 Å². The molecule has 0 spiro atoms. The third kappa shape index (κ3) is 0.992. The van der Waals surface area contributed by atoms with Crippen LogP contribution in [0.3, 0.4) is 0 Å². The van der Waals surface area contributed by atoms with Gasteiger partial charge in [0.2, 0.25) is 0 Å². The average molecular weight is 119 g/mol. The molecule has 46 valence electrons. The summed E-state index contributed by atoms with van der Waals surface area (Å²) in [5.74, 6) is 0. The van der Waals surface area contributed by atoms with Crippen LogP contribution < -0.4 is 0 Å². The fraction of sp³-hybridized carbons (Fsp3) is 0.125. The summed E-state index contributed by atoms with van der Waals surface area (Å²) in [5, 5.41) is 0. The summed E-state index contributed by atoms with van der Waals surface area (Å²) >= 11 is 0. The maximum atomic E-state index is 4.05. The Hall–Kier alpha value is -1.11. The molecular formula is C8H9N. The van der Waals surface area contributed by atoms with Crippen LogP contribution in [0.2, 0.25) is 0 Å². The molecule has 0 saturated heterocycles. The summed E-state index contributed by atoms with van der Waals surface area (Å²) in [7, 11) is 0. The van der Waals surface area contributed by atoms with E-state index >= 15 is 0 Å². The molecule has 1 rings (SSSR count). The lowest BCUT2D eigenvalue weighted by Gasteiger charge is -1.89. The fourth-order valence-electron chi connectivity index (χ4n) is 0.783. The lowest BCUT2D eigenvalue weighted by molar-refractivity contribution is 1.23. The third-order valence-electron chi connectivity index (χ3n) is 1.33. The standard InChI is InChI=1S/C8H9N/c1-3-7-5-9-6-8(7)4-2/h3-5H,1-2,6H2. The number of hydrogen-bond donors (Lipinski definition) is 0. The molecule has 0 aromatic heterocycles. The van der Waals surface area contributed by atoms with Crippen LogP contribution in [0.1, 0.15) is 0 Å². The van der Waals surface area contributed by atoms with Gasteiger partial charge in [-0.2, -0.15) is 0 Å². The Kier molecular flexibility index (Phi) is 1.63.